The van der Waals surface area contributed by atoms with Crippen LogP contribution in [-0.4, -0.2) is 11.7 Å². The Labute approximate surface area is 109 Å². The zero-order valence-corrected chi connectivity index (χ0v) is 12.5. The van der Waals surface area contributed by atoms with Crippen molar-refractivity contribution in [3.63, 3.8) is 0 Å². The lowest BCUT2D eigenvalue weighted by Gasteiger charge is -2.14. The summed E-state index contributed by atoms with van der Waals surface area (Å²) in [5.74, 6) is 2.50. The molecule has 104 valence electrons. The number of aliphatic hydroxyl groups excluding tert-OH is 1. The maximum atomic E-state index is 8.84. The Kier molecular flexibility index (Phi) is 11.0. The van der Waals surface area contributed by atoms with Crippen LogP contribution < -0.4 is 0 Å². The lowest BCUT2D eigenvalue weighted by molar-refractivity contribution is 0.255. The highest BCUT2D eigenvalue weighted by atomic mass is 16.3. The topological polar surface area (TPSA) is 20.2 Å². The van der Waals surface area contributed by atoms with Crippen molar-refractivity contribution in [2.75, 3.05) is 6.61 Å². The average Bonchev–Trinajstić information content (AvgIpc) is 2.29. The summed E-state index contributed by atoms with van der Waals surface area (Å²) < 4.78 is 0. The fourth-order valence-electron chi connectivity index (χ4n) is 2.34. The molecular weight excluding hydrogens is 208 g/mol. The standard InChI is InChI=1S/C16H34O/c1-5-14(2)8-6-9-15(3)10-7-11-16(4)12-13-17/h14-17H,5-13H2,1-4H3/t14-,15+,16-/m0/s1. The Balaban J connectivity index is 3.37. The SMILES string of the molecule is CC[C@H](C)CCC[C@@H](C)CCC[C@H](C)CCO. The number of hydrogen-bond donors (Lipinski definition) is 1. The molecule has 0 aromatic carbocycles. The molecule has 0 aromatic rings. The molecule has 1 heteroatoms. The van der Waals surface area contributed by atoms with Crippen molar-refractivity contribution < 1.29 is 5.11 Å². The van der Waals surface area contributed by atoms with Crippen LogP contribution >= 0.6 is 0 Å². The summed E-state index contributed by atoms with van der Waals surface area (Å²) in [6.45, 7) is 9.65. The molecule has 17 heavy (non-hydrogen) atoms. The molecule has 1 N–H and O–H groups in total. The first kappa shape index (κ1) is 17.0. The van der Waals surface area contributed by atoms with Gasteiger partial charge in [0.25, 0.3) is 0 Å². The first-order valence-electron chi connectivity index (χ1n) is 7.70. The average molecular weight is 242 g/mol. The van der Waals surface area contributed by atoms with Crippen LogP contribution in [-0.2, 0) is 0 Å². The molecule has 0 saturated heterocycles. The van der Waals surface area contributed by atoms with E-state index in [4.69, 9.17) is 5.11 Å². The minimum Gasteiger partial charge on any atom is -0.396 e. The Morgan fingerprint density at radius 1 is 0.706 bits per heavy atom. The van der Waals surface area contributed by atoms with Gasteiger partial charge in [-0.2, -0.15) is 0 Å². The van der Waals surface area contributed by atoms with Crippen LogP contribution in [0.5, 0.6) is 0 Å². The van der Waals surface area contributed by atoms with E-state index in [-0.39, 0.29) is 0 Å². The maximum absolute atomic E-state index is 8.84. The third-order valence-corrected chi connectivity index (χ3v) is 4.11. The van der Waals surface area contributed by atoms with Crippen molar-refractivity contribution in [1.82, 2.24) is 0 Å². The molecule has 0 bridgehead atoms. The van der Waals surface area contributed by atoms with Gasteiger partial charge in [-0.25, -0.2) is 0 Å². The minimum atomic E-state index is 0.353. The van der Waals surface area contributed by atoms with Crippen LogP contribution in [0, 0.1) is 17.8 Å². The second-order valence-electron chi connectivity index (χ2n) is 6.10. The van der Waals surface area contributed by atoms with Gasteiger partial charge in [-0.15, -0.1) is 0 Å². The van der Waals surface area contributed by atoms with Gasteiger partial charge in [-0.1, -0.05) is 72.6 Å². The molecular formula is C16H34O. The first-order chi connectivity index (χ1) is 8.10. The van der Waals surface area contributed by atoms with E-state index in [1.807, 2.05) is 0 Å². The number of hydrogen-bond acceptors (Lipinski definition) is 1. The third-order valence-electron chi connectivity index (χ3n) is 4.11. The quantitative estimate of drug-likeness (QED) is 0.539. The number of aliphatic hydroxyl groups is 1. The minimum absolute atomic E-state index is 0.353. The van der Waals surface area contributed by atoms with E-state index < -0.39 is 0 Å². The van der Waals surface area contributed by atoms with Crippen LogP contribution in [0.2, 0.25) is 0 Å². The molecule has 0 unspecified atom stereocenters. The molecule has 0 rings (SSSR count). The van der Waals surface area contributed by atoms with Crippen molar-refractivity contribution in [3.8, 4) is 0 Å². The lowest BCUT2D eigenvalue weighted by Crippen LogP contribution is -2.01. The zero-order valence-electron chi connectivity index (χ0n) is 12.5. The van der Waals surface area contributed by atoms with E-state index >= 15 is 0 Å². The van der Waals surface area contributed by atoms with Gasteiger partial charge in [0.05, 0.1) is 0 Å². The molecule has 0 amide bonds. The molecule has 0 radical (unpaired) electrons. The Morgan fingerprint density at radius 2 is 1.12 bits per heavy atom. The highest BCUT2D eigenvalue weighted by Crippen LogP contribution is 2.20. The highest BCUT2D eigenvalue weighted by molar-refractivity contribution is 4.59. The normalized spacial score (nSPS) is 16.8. The van der Waals surface area contributed by atoms with Gasteiger partial charge in [0.15, 0.2) is 0 Å². The van der Waals surface area contributed by atoms with E-state index in [0.717, 1.165) is 18.3 Å². The maximum Gasteiger partial charge on any atom is 0.0433 e. The summed E-state index contributed by atoms with van der Waals surface area (Å²) in [4.78, 5) is 0. The Morgan fingerprint density at radius 3 is 1.53 bits per heavy atom. The second kappa shape index (κ2) is 11.1. The van der Waals surface area contributed by atoms with Crippen LogP contribution in [0.4, 0.5) is 0 Å². The van der Waals surface area contributed by atoms with Gasteiger partial charge < -0.3 is 5.11 Å². The van der Waals surface area contributed by atoms with Crippen molar-refractivity contribution in [2.45, 2.75) is 79.1 Å². The van der Waals surface area contributed by atoms with Crippen molar-refractivity contribution in [3.05, 3.63) is 0 Å². The molecule has 0 aromatic heterocycles. The summed E-state index contributed by atoms with van der Waals surface area (Å²) >= 11 is 0. The molecule has 0 aliphatic heterocycles. The van der Waals surface area contributed by atoms with Gasteiger partial charge in [0.2, 0.25) is 0 Å². The van der Waals surface area contributed by atoms with E-state index in [1.54, 1.807) is 0 Å². The van der Waals surface area contributed by atoms with Gasteiger partial charge in [-0.3, -0.25) is 0 Å². The predicted octanol–water partition coefficient (Wildman–Crippen LogP) is 5.03. The Hall–Kier alpha value is -0.0400. The molecule has 1 nitrogen and oxygen atoms in total. The molecule has 0 heterocycles. The van der Waals surface area contributed by atoms with E-state index in [2.05, 4.69) is 27.7 Å². The summed E-state index contributed by atoms with van der Waals surface area (Å²) in [6.07, 6.45) is 10.5. The van der Waals surface area contributed by atoms with Crippen molar-refractivity contribution in [1.29, 1.82) is 0 Å². The third kappa shape index (κ3) is 10.8. The fraction of sp³-hybridized carbons (Fsp3) is 1.00. The smallest absolute Gasteiger partial charge is 0.0433 e. The van der Waals surface area contributed by atoms with E-state index in [0.29, 0.717) is 12.5 Å². The van der Waals surface area contributed by atoms with Crippen LogP contribution in [0.25, 0.3) is 0 Å². The van der Waals surface area contributed by atoms with Gasteiger partial charge in [0.1, 0.15) is 0 Å². The summed E-state index contributed by atoms with van der Waals surface area (Å²) in [6, 6.07) is 0. The molecule has 0 aliphatic rings. The molecule has 0 aliphatic carbocycles. The highest BCUT2D eigenvalue weighted by Gasteiger charge is 2.06. The van der Waals surface area contributed by atoms with Gasteiger partial charge in [0, 0.05) is 6.61 Å². The van der Waals surface area contributed by atoms with Crippen molar-refractivity contribution in [2.24, 2.45) is 17.8 Å². The number of rotatable bonds is 11. The predicted molar refractivity (Wildman–Crippen MR) is 77.2 cm³/mol. The zero-order chi connectivity index (χ0) is 13.1. The van der Waals surface area contributed by atoms with Crippen molar-refractivity contribution >= 4 is 0 Å². The summed E-state index contributed by atoms with van der Waals surface area (Å²) in [5.41, 5.74) is 0. The van der Waals surface area contributed by atoms with Gasteiger partial charge >= 0.3 is 0 Å². The second-order valence-corrected chi connectivity index (χ2v) is 6.10. The van der Waals surface area contributed by atoms with Crippen LogP contribution in [0.3, 0.4) is 0 Å². The molecule has 0 saturated carbocycles. The summed E-state index contributed by atoms with van der Waals surface area (Å²) in [7, 11) is 0. The van der Waals surface area contributed by atoms with E-state index in [1.165, 1.54) is 44.9 Å². The van der Waals surface area contributed by atoms with Gasteiger partial charge in [-0.05, 0) is 24.2 Å². The largest absolute Gasteiger partial charge is 0.396 e. The van der Waals surface area contributed by atoms with Crippen LogP contribution in [0.1, 0.15) is 79.1 Å². The van der Waals surface area contributed by atoms with E-state index in [9.17, 15) is 0 Å². The monoisotopic (exact) mass is 242 g/mol. The molecule has 0 spiro atoms. The fourth-order valence-corrected chi connectivity index (χ4v) is 2.34. The Bertz CT molecular complexity index is 156. The first-order valence-corrected chi connectivity index (χ1v) is 7.70. The summed E-state index contributed by atoms with van der Waals surface area (Å²) in [5, 5.41) is 8.84. The molecule has 0 fully saturated rings. The lowest BCUT2D eigenvalue weighted by atomic mass is 9.92. The van der Waals surface area contributed by atoms with Crippen LogP contribution in [0.15, 0.2) is 0 Å². The molecule has 3 atom stereocenters.